The topological polar surface area (TPSA) is 12.0 Å². The summed E-state index contributed by atoms with van der Waals surface area (Å²) in [5, 5.41) is 3.19. The average molecular weight is 423 g/mol. The first kappa shape index (κ1) is 15.8. The Hall–Kier alpha value is -0.590. The van der Waals surface area contributed by atoms with Gasteiger partial charge in [0.1, 0.15) is 0 Å². The minimum Gasteiger partial charge on any atom is -0.380 e. The van der Waals surface area contributed by atoms with Gasteiger partial charge in [0.2, 0.25) is 0 Å². The van der Waals surface area contributed by atoms with Crippen LogP contribution >= 0.6 is 43.6 Å². The molecule has 0 saturated heterocycles. The van der Waals surface area contributed by atoms with Crippen LogP contribution in [0.15, 0.2) is 56.3 Å². The number of hydrogen-bond acceptors (Lipinski definition) is 2. The van der Waals surface area contributed by atoms with Crippen molar-refractivity contribution in [1.82, 2.24) is 0 Å². The molecular formula is C14H11Br2F2NS. The number of alkyl halides is 2. The number of nitrogens with one attached hydrogen (secondary N) is 1. The summed E-state index contributed by atoms with van der Waals surface area (Å²) in [4.78, 5) is 0.554. The van der Waals surface area contributed by atoms with Gasteiger partial charge in [0.15, 0.2) is 0 Å². The van der Waals surface area contributed by atoms with Crippen molar-refractivity contribution in [3.05, 3.63) is 57.0 Å². The molecule has 0 bridgehead atoms. The van der Waals surface area contributed by atoms with E-state index in [-0.39, 0.29) is 0 Å². The fourth-order valence-electron chi connectivity index (χ4n) is 1.66. The zero-order valence-corrected chi connectivity index (χ0v) is 14.2. The first-order chi connectivity index (χ1) is 9.56. The van der Waals surface area contributed by atoms with Crippen LogP contribution in [0.1, 0.15) is 5.56 Å². The highest BCUT2D eigenvalue weighted by Gasteiger charge is 2.09. The maximum atomic E-state index is 12.5. The Balaban J connectivity index is 2.08. The van der Waals surface area contributed by atoms with E-state index in [0.717, 1.165) is 20.2 Å². The molecule has 0 radical (unpaired) electrons. The second-order valence-electron chi connectivity index (χ2n) is 3.98. The molecule has 0 amide bonds. The van der Waals surface area contributed by atoms with Crippen LogP contribution in [-0.4, -0.2) is 5.76 Å². The van der Waals surface area contributed by atoms with Crippen LogP contribution in [0.4, 0.5) is 14.5 Å². The van der Waals surface area contributed by atoms with E-state index in [1.165, 1.54) is 0 Å². The SMILES string of the molecule is FC(F)Sc1ccccc1NCc1ccc(Br)c(Br)c1. The van der Waals surface area contributed by atoms with E-state index >= 15 is 0 Å². The van der Waals surface area contributed by atoms with E-state index in [0.29, 0.717) is 23.2 Å². The van der Waals surface area contributed by atoms with Gasteiger partial charge in [-0.25, -0.2) is 0 Å². The predicted octanol–water partition coefficient (Wildman–Crippen LogP) is 6.14. The summed E-state index contributed by atoms with van der Waals surface area (Å²) in [5.41, 5.74) is 1.79. The summed E-state index contributed by atoms with van der Waals surface area (Å²) in [7, 11) is 0. The molecule has 0 aliphatic carbocycles. The highest BCUT2D eigenvalue weighted by Crippen LogP contribution is 2.32. The molecule has 20 heavy (non-hydrogen) atoms. The number of benzene rings is 2. The Labute approximate surface area is 137 Å². The normalized spacial score (nSPS) is 10.8. The Morgan fingerprint density at radius 2 is 1.80 bits per heavy atom. The maximum absolute atomic E-state index is 12.5. The minimum atomic E-state index is -2.42. The molecule has 2 aromatic carbocycles. The number of hydrogen-bond donors (Lipinski definition) is 1. The lowest BCUT2D eigenvalue weighted by Gasteiger charge is -2.11. The van der Waals surface area contributed by atoms with E-state index in [1.807, 2.05) is 24.3 Å². The third kappa shape index (κ3) is 4.46. The van der Waals surface area contributed by atoms with Gasteiger partial charge in [0.05, 0.1) is 0 Å². The van der Waals surface area contributed by atoms with Crippen LogP contribution < -0.4 is 5.32 Å². The Morgan fingerprint density at radius 1 is 1.05 bits per heavy atom. The predicted molar refractivity (Wildman–Crippen MR) is 87.5 cm³/mol. The molecule has 6 heteroatoms. The Bertz CT molecular complexity index is 593. The molecule has 0 aromatic heterocycles. The lowest BCUT2D eigenvalue weighted by atomic mass is 10.2. The number of halogens is 4. The second kappa shape index (κ2) is 7.43. The zero-order valence-electron chi connectivity index (χ0n) is 10.2. The second-order valence-corrected chi connectivity index (χ2v) is 6.72. The quantitative estimate of drug-likeness (QED) is 0.581. The van der Waals surface area contributed by atoms with E-state index < -0.39 is 5.76 Å². The number of para-hydroxylation sites is 1. The summed E-state index contributed by atoms with van der Waals surface area (Å²) < 4.78 is 26.9. The van der Waals surface area contributed by atoms with Crippen molar-refractivity contribution in [2.75, 3.05) is 5.32 Å². The lowest BCUT2D eigenvalue weighted by molar-refractivity contribution is 0.252. The smallest absolute Gasteiger partial charge is 0.288 e. The Morgan fingerprint density at radius 3 is 2.50 bits per heavy atom. The van der Waals surface area contributed by atoms with Crippen LogP contribution in [0.3, 0.4) is 0 Å². The zero-order chi connectivity index (χ0) is 14.5. The summed E-state index contributed by atoms with van der Waals surface area (Å²) in [5.74, 6) is -2.42. The molecule has 1 N–H and O–H groups in total. The fourth-order valence-corrected chi connectivity index (χ4v) is 2.95. The molecule has 0 fully saturated rings. The molecule has 0 unspecified atom stereocenters. The number of thioether (sulfide) groups is 1. The van der Waals surface area contributed by atoms with Crippen molar-refractivity contribution in [2.45, 2.75) is 17.2 Å². The van der Waals surface area contributed by atoms with Gasteiger partial charge in [0.25, 0.3) is 5.76 Å². The summed E-state index contributed by atoms with van der Waals surface area (Å²) in [6.07, 6.45) is 0. The Kier molecular flexibility index (Phi) is 5.86. The van der Waals surface area contributed by atoms with Gasteiger partial charge in [-0.2, -0.15) is 8.78 Å². The first-order valence-corrected chi connectivity index (χ1v) is 8.24. The molecule has 2 rings (SSSR count). The van der Waals surface area contributed by atoms with E-state index in [2.05, 4.69) is 37.2 Å². The van der Waals surface area contributed by atoms with Crippen molar-refractivity contribution in [2.24, 2.45) is 0 Å². The monoisotopic (exact) mass is 421 g/mol. The van der Waals surface area contributed by atoms with Crippen molar-refractivity contribution in [3.63, 3.8) is 0 Å². The first-order valence-electron chi connectivity index (χ1n) is 5.78. The molecule has 0 aliphatic heterocycles. The molecule has 0 atom stereocenters. The lowest BCUT2D eigenvalue weighted by Crippen LogP contribution is -2.01. The van der Waals surface area contributed by atoms with Gasteiger partial charge in [0, 0.05) is 26.1 Å². The van der Waals surface area contributed by atoms with Gasteiger partial charge >= 0.3 is 0 Å². The van der Waals surface area contributed by atoms with E-state index in [4.69, 9.17) is 0 Å². The number of rotatable bonds is 5. The third-order valence-corrected chi connectivity index (χ3v) is 5.24. The van der Waals surface area contributed by atoms with E-state index in [1.54, 1.807) is 18.2 Å². The number of anilines is 1. The highest BCUT2D eigenvalue weighted by molar-refractivity contribution is 9.13. The molecule has 0 saturated carbocycles. The highest BCUT2D eigenvalue weighted by atomic mass is 79.9. The molecule has 0 aliphatic rings. The molecule has 0 spiro atoms. The van der Waals surface area contributed by atoms with Crippen LogP contribution in [0.25, 0.3) is 0 Å². The maximum Gasteiger partial charge on any atom is 0.288 e. The standard InChI is InChI=1S/C14H11Br2F2NS/c15-10-6-5-9(7-11(10)16)8-19-12-3-1-2-4-13(12)20-14(17)18/h1-7,14,19H,8H2. The van der Waals surface area contributed by atoms with Gasteiger partial charge in [-0.15, -0.1) is 0 Å². The van der Waals surface area contributed by atoms with Crippen LogP contribution in [0.2, 0.25) is 0 Å². The van der Waals surface area contributed by atoms with Gasteiger partial charge < -0.3 is 5.32 Å². The van der Waals surface area contributed by atoms with Crippen molar-refractivity contribution in [3.8, 4) is 0 Å². The largest absolute Gasteiger partial charge is 0.380 e. The average Bonchev–Trinajstić information content (AvgIpc) is 2.41. The van der Waals surface area contributed by atoms with Crippen molar-refractivity contribution < 1.29 is 8.78 Å². The van der Waals surface area contributed by atoms with E-state index in [9.17, 15) is 8.78 Å². The summed E-state index contributed by atoms with van der Waals surface area (Å²) in [6.45, 7) is 0.576. The molecule has 2 aromatic rings. The minimum absolute atomic E-state index is 0.553. The molecule has 1 nitrogen and oxygen atoms in total. The van der Waals surface area contributed by atoms with Gasteiger partial charge in [-0.3, -0.25) is 0 Å². The van der Waals surface area contributed by atoms with Crippen molar-refractivity contribution >= 4 is 49.3 Å². The van der Waals surface area contributed by atoms with Crippen LogP contribution in [-0.2, 0) is 6.54 Å². The van der Waals surface area contributed by atoms with Gasteiger partial charge in [-0.1, -0.05) is 30.0 Å². The summed E-state index contributed by atoms with van der Waals surface area (Å²) in [6, 6.07) is 13.0. The third-order valence-electron chi connectivity index (χ3n) is 2.57. The summed E-state index contributed by atoms with van der Waals surface area (Å²) >= 11 is 7.40. The molecular weight excluding hydrogens is 412 g/mol. The molecule has 106 valence electrons. The van der Waals surface area contributed by atoms with Gasteiger partial charge in [-0.05, 0) is 61.7 Å². The fraction of sp³-hybridized carbons (Fsp3) is 0.143. The van der Waals surface area contributed by atoms with Crippen LogP contribution in [0.5, 0.6) is 0 Å². The van der Waals surface area contributed by atoms with Crippen molar-refractivity contribution in [1.29, 1.82) is 0 Å². The molecule has 0 heterocycles. The van der Waals surface area contributed by atoms with Crippen LogP contribution in [0, 0.1) is 0 Å².